The van der Waals surface area contributed by atoms with Crippen LogP contribution in [0.5, 0.6) is 5.75 Å². The molecule has 1 heterocycles. The fraction of sp³-hybridized carbons (Fsp3) is 0. The second-order valence-corrected chi connectivity index (χ2v) is 11.0. The summed E-state index contributed by atoms with van der Waals surface area (Å²) in [6.45, 7) is 0. The van der Waals surface area contributed by atoms with Crippen LogP contribution in [-0.4, -0.2) is 26.3 Å². The van der Waals surface area contributed by atoms with Gasteiger partial charge in [0.2, 0.25) is 0 Å². The van der Waals surface area contributed by atoms with E-state index in [-0.39, 0.29) is 26.4 Å². The summed E-state index contributed by atoms with van der Waals surface area (Å²) in [5.41, 5.74) is -0.437. The Balaban J connectivity index is 1.78. The summed E-state index contributed by atoms with van der Waals surface area (Å²) in [5.74, 6) is -2.81. The lowest BCUT2D eigenvalue weighted by Gasteiger charge is -2.26. The van der Waals surface area contributed by atoms with E-state index in [9.17, 15) is 27.2 Å². The number of nitrogens with zero attached hydrogens (tertiary/aromatic N) is 1. The summed E-state index contributed by atoms with van der Waals surface area (Å²) in [5, 5.41) is 2.37. The van der Waals surface area contributed by atoms with E-state index < -0.39 is 39.4 Å². The molecule has 0 radical (unpaired) electrons. The van der Waals surface area contributed by atoms with E-state index in [2.05, 4.69) is 31.9 Å². The molecule has 4 rings (SSSR count). The molecule has 13 heteroatoms. The molecule has 3 aromatic rings. The minimum atomic E-state index is -4.34. The number of hydrogen-bond donors (Lipinski definition) is 1. The molecule has 0 aromatic heterocycles. The SMILES string of the molecule is O=C1NC(=O)N(c2ccc(F)cc2)C(=O)/C1=C/c1cc(Br)cc(Br)c1OS(=O)(=O)c1ccc(Cl)cc1. The van der Waals surface area contributed by atoms with Gasteiger partial charge in [-0.25, -0.2) is 14.1 Å². The molecule has 36 heavy (non-hydrogen) atoms. The van der Waals surface area contributed by atoms with Gasteiger partial charge in [0.05, 0.1) is 10.2 Å². The van der Waals surface area contributed by atoms with Crippen LogP contribution in [0, 0.1) is 5.82 Å². The minimum Gasteiger partial charge on any atom is -0.377 e. The Morgan fingerprint density at radius 1 is 0.972 bits per heavy atom. The number of nitrogens with one attached hydrogen (secondary N) is 1. The fourth-order valence-corrected chi connectivity index (χ4v) is 5.72. The lowest BCUT2D eigenvalue weighted by molar-refractivity contribution is -0.122. The number of imide groups is 2. The first-order valence-corrected chi connectivity index (χ1v) is 13.2. The zero-order valence-corrected chi connectivity index (χ0v) is 22.4. The number of barbiturate groups is 1. The van der Waals surface area contributed by atoms with E-state index in [1.807, 2.05) is 5.32 Å². The molecule has 0 aliphatic carbocycles. The number of hydrogen-bond acceptors (Lipinski definition) is 6. The van der Waals surface area contributed by atoms with Gasteiger partial charge in [-0.1, -0.05) is 27.5 Å². The van der Waals surface area contributed by atoms with Crippen LogP contribution in [0.2, 0.25) is 5.02 Å². The summed E-state index contributed by atoms with van der Waals surface area (Å²) >= 11 is 12.3. The first-order valence-electron chi connectivity index (χ1n) is 9.82. The zero-order chi connectivity index (χ0) is 26.2. The zero-order valence-electron chi connectivity index (χ0n) is 17.7. The van der Waals surface area contributed by atoms with Gasteiger partial charge >= 0.3 is 16.1 Å². The van der Waals surface area contributed by atoms with Crippen molar-refractivity contribution in [1.29, 1.82) is 0 Å². The average molecular weight is 659 g/mol. The number of carbonyl (C=O) groups excluding carboxylic acids is 3. The quantitative estimate of drug-likeness (QED) is 0.222. The van der Waals surface area contributed by atoms with Crippen LogP contribution >= 0.6 is 43.5 Å². The Morgan fingerprint density at radius 2 is 1.61 bits per heavy atom. The van der Waals surface area contributed by atoms with Crippen LogP contribution < -0.4 is 14.4 Å². The van der Waals surface area contributed by atoms with Gasteiger partial charge in [-0.3, -0.25) is 14.9 Å². The van der Waals surface area contributed by atoms with Crippen molar-refractivity contribution in [1.82, 2.24) is 5.32 Å². The van der Waals surface area contributed by atoms with Crippen molar-refractivity contribution < 1.29 is 31.4 Å². The highest BCUT2D eigenvalue weighted by Crippen LogP contribution is 2.37. The summed E-state index contributed by atoms with van der Waals surface area (Å²) in [6.07, 6.45) is 1.09. The standard InChI is InChI=1S/C23H12Br2ClFN2O6S/c24-13-9-12(20(19(25)11-13)35-36(33,34)17-7-1-14(26)2-8-17)10-18-21(30)28-23(32)29(22(18)31)16-5-3-15(27)4-6-16/h1-11H,(H,28,30,32)/b18-10+. The molecule has 184 valence electrons. The van der Waals surface area contributed by atoms with Crippen molar-refractivity contribution in [3.05, 3.63) is 91.6 Å². The Kier molecular flexibility index (Phi) is 7.32. The predicted molar refractivity (Wildman–Crippen MR) is 137 cm³/mol. The molecular formula is C23H12Br2ClFN2O6S. The van der Waals surface area contributed by atoms with Crippen LogP contribution in [0.3, 0.4) is 0 Å². The number of amides is 4. The first kappa shape index (κ1) is 26.0. The average Bonchev–Trinajstić information content (AvgIpc) is 2.80. The smallest absolute Gasteiger partial charge is 0.339 e. The Labute approximate surface area is 226 Å². The van der Waals surface area contributed by atoms with Crippen molar-refractivity contribution in [2.75, 3.05) is 4.90 Å². The maximum Gasteiger partial charge on any atom is 0.339 e. The molecule has 0 unspecified atom stereocenters. The van der Waals surface area contributed by atoms with E-state index in [1.54, 1.807) is 0 Å². The van der Waals surface area contributed by atoms with Gasteiger partial charge in [0.15, 0.2) is 5.75 Å². The maximum absolute atomic E-state index is 13.3. The molecule has 3 aromatic carbocycles. The number of rotatable bonds is 5. The highest BCUT2D eigenvalue weighted by atomic mass is 79.9. The van der Waals surface area contributed by atoms with Crippen LogP contribution in [0.1, 0.15) is 5.56 Å². The molecule has 0 bridgehead atoms. The second-order valence-electron chi connectivity index (χ2n) is 7.23. The van der Waals surface area contributed by atoms with Gasteiger partial charge in [-0.05, 0) is 82.7 Å². The fourth-order valence-electron chi connectivity index (χ4n) is 3.17. The Bertz CT molecular complexity index is 1540. The lowest BCUT2D eigenvalue weighted by atomic mass is 10.1. The van der Waals surface area contributed by atoms with E-state index in [4.69, 9.17) is 15.8 Å². The molecule has 1 saturated heterocycles. The summed E-state index contributed by atoms with van der Waals surface area (Å²) in [4.78, 5) is 38.6. The molecule has 0 spiro atoms. The van der Waals surface area contributed by atoms with Gasteiger partial charge in [0.25, 0.3) is 11.8 Å². The van der Waals surface area contributed by atoms with Crippen LogP contribution in [0.4, 0.5) is 14.9 Å². The number of benzene rings is 3. The molecule has 8 nitrogen and oxygen atoms in total. The molecule has 1 aliphatic rings. The Morgan fingerprint density at radius 3 is 2.25 bits per heavy atom. The highest BCUT2D eigenvalue weighted by molar-refractivity contribution is 9.11. The molecule has 0 atom stereocenters. The van der Waals surface area contributed by atoms with E-state index >= 15 is 0 Å². The molecule has 1 fully saturated rings. The van der Waals surface area contributed by atoms with Crippen LogP contribution in [0.25, 0.3) is 6.08 Å². The number of halogens is 4. The van der Waals surface area contributed by atoms with Crippen molar-refractivity contribution in [2.45, 2.75) is 4.90 Å². The Hall–Kier alpha value is -3.06. The normalized spacial score (nSPS) is 15.3. The molecule has 4 amide bonds. The largest absolute Gasteiger partial charge is 0.377 e. The number of carbonyl (C=O) groups is 3. The summed E-state index contributed by atoms with van der Waals surface area (Å²) < 4.78 is 45.1. The molecular weight excluding hydrogens is 647 g/mol. The second kappa shape index (κ2) is 10.1. The third-order valence-corrected chi connectivity index (χ3v) is 7.35. The molecule has 1 N–H and O–H groups in total. The van der Waals surface area contributed by atoms with Crippen LogP contribution in [0.15, 0.2) is 80.1 Å². The third-order valence-electron chi connectivity index (χ3n) is 4.82. The van der Waals surface area contributed by atoms with Crippen LogP contribution in [-0.2, 0) is 19.7 Å². The van der Waals surface area contributed by atoms with Crippen molar-refractivity contribution >= 4 is 83.2 Å². The lowest BCUT2D eigenvalue weighted by Crippen LogP contribution is -2.54. The molecule has 0 saturated carbocycles. The molecule has 1 aliphatic heterocycles. The predicted octanol–water partition coefficient (Wildman–Crippen LogP) is 5.44. The van der Waals surface area contributed by atoms with Crippen molar-refractivity contribution in [3.63, 3.8) is 0 Å². The van der Waals surface area contributed by atoms with Crippen molar-refractivity contribution in [3.8, 4) is 5.75 Å². The van der Waals surface area contributed by atoms with E-state index in [1.165, 1.54) is 48.5 Å². The maximum atomic E-state index is 13.3. The highest BCUT2D eigenvalue weighted by Gasteiger charge is 2.37. The number of anilines is 1. The van der Waals surface area contributed by atoms with Gasteiger partial charge in [0.1, 0.15) is 16.3 Å². The van der Waals surface area contributed by atoms with Gasteiger partial charge in [-0.2, -0.15) is 8.42 Å². The number of urea groups is 1. The summed E-state index contributed by atoms with van der Waals surface area (Å²) in [6, 6.07) is 11.7. The van der Waals surface area contributed by atoms with Crippen molar-refractivity contribution in [2.24, 2.45) is 0 Å². The van der Waals surface area contributed by atoms with Gasteiger partial charge < -0.3 is 4.18 Å². The third kappa shape index (κ3) is 5.36. The van der Waals surface area contributed by atoms with E-state index in [0.29, 0.717) is 14.4 Å². The van der Waals surface area contributed by atoms with Gasteiger partial charge in [0, 0.05) is 15.1 Å². The monoisotopic (exact) mass is 656 g/mol. The van der Waals surface area contributed by atoms with Gasteiger partial charge in [-0.15, -0.1) is 0 Å². The first-order chi connectivity index (χ1) is 17.0. The minimum absolute atomic E-state index is 0.0227. The van der Waals surface area contributed by atoms with E-state index in [0.717, 1.165) is 18.2 Å². The summed E-state index contributed by atoms with van der Waals surface area (Å²) in [7, 11) is -4.34. The topological polar surface area (TPSA) is 110 Å².